The van der Waals surface area contributed by atoms with E-state index in [9.17, 15) is 4.39 Å². The molecule has 1 heterocycles. The highest BCUT2D eigenvalue weighted by atomic mass is 35.5. The lowest BCUT2D eigenvalue weighted by Crippen LogP contribution is -2.42. The van der Waals surface area contributed by atoms with Crippen molar-refractivity contribution >= 4 is 12.4 Å². The summed E-state index contributed by atoms with van der Waals surface area (Å²) < 4.78 is 29.9. The van der Waals surface area contributed by atoms with Crippen LogP contribution in [0.3, 0.4) is 0 Å². The van der Waals surface area contributed by atoms with Crippen molar-refractivity contribution in [2.75, 3.05) is 53.2 Å². The third-order valence-electron chi connectivity index (χ3n) is 4.84. The van der Waals surface area contributed by atoms with E-state index in [2.05, 4.69) is 16.3 Å². The summed E-state index contributed by atoms with van der Waals surface area (Å²) in [6, 6.07) is 15.0. The summed E-state index contributed by atoms with van der Waals surface area (Å²) in [5.74, 6) is 0.642. The molecule has 7 heteroatoms. The first-order valence-electron chi connectivity index (χ1n) is 9.75. The highest BCUT2D eigenvalue weighted by molar-refractivity contribution is 5.85. The number of benzene rings is 2. The van der Waals surface area contributed by atoms with Crippen molar-refractivity contribution < 1.29 is 18.6 Å². The molecule has 3 rings (SSSR count). The van der Waals surface area contributed by atoms with E-state index in [1.54, 1.807) is 19.2 Å². The van der Waals surface area contributed by atoms with Crippen molar-refractivity contribution in [3.8, 4) is 5.75 Å². The van der Waals surface area contributed by atoms with Gasteiger partial charge in [0.1, 0.15) is 18.2 Å². The summed E-state index contributed by atoms with van der Waals surface area (Å²) in [6.07, 6.45) is 0. The average Bonchev–Trinajstić information content (AvgIpc) is 2.72. The third-order valence-corrected chi connectivity index (χ3v) is 4.84. The topological polar surface area (TPSA) is 43.0 Å². The van der Waals surface area contributed by atoms with Crippen LogP contribution in [0, 0.1) is 5.82 Å². The zero-order chi connectivity index (χ0) is 19.6. The molecule has 0 aliphatic carbocycles. The highest BCUT2D eigenvalue weighted by Gasteiger charge is 2.22. The lowest BCUT2D eigenvalue weighted by Gasteiger charge is -2.35. The summed E-state index contributed by atoms with van der Waals surface area (Å²) in [6.45, 7) is 5.69. The van der Waals surface area contributed by atoms with Gasteiger partial charge in [0.25, 0.3) is 0 Å². The van der Waals surface area contributed by atoms with Gasteiger partial charge in [0, 0.05) is 39.3 Å². The first kappa shape index (κ1) is 23.6. The van der Waals surface area contributed by atoms with Gasteiger partial charge >= 0.3 is 0 Å². The van der Waals surface area contributed by atoms with Gasteiger partial charge in [-0.1, -0.05) is 24.3 Å². The van der Waals surface area contributed by atoms with Crippen LogP contribution in [0.2, 0.25) is 0 Å². The first-order valence-corrected chi connectivity index (χ1v) is 9.75. The summed E-state index contributed by atoms with van der Waals surface area (Å²) in [5.41, 5.74) is 2.14. The van der Waals surface area contributed by atoms with E-state index in [1.807, 2.05) is 24.3 Å². The molecule has 1 unspecified atom stereocenters. The SMILES string of the molecule is COCCOc1cccc(CNCC(c2cccc(F)c2)N2CCOCC2)c1.Cl. The monoisotopic (exact) mass is 424 g/mol. The Kier molecular flexibility index (Phi) is 10.4. The fourth-order valence-electron chi connectivity index (χ4n) is 3.40. The molecule has 0 bridgehead atoms. The maximum atomic E-state index is 13.8. The Morgan fingerprint density at radius 2 is 1.90 bits per heavy atom. The number of hydrogen-bond donors (Lipinski definition) is 1. The fraction of sp³-hybridized carbons (Fsp3) is 0.455. The van der Waals surface area contributed by atoms with Gasteiger partial charge in [-0.15, -0.1) is 12.4 Å². The van der Waals surface area contributed by atoms with Crippen LogP contribution >= 0.6 is 12.4 Å². The number of methoxy groups -OCH3 is 1. The minimum absolute atomic E-state index is 0. The van der Waals surface area contributed by atoms with E-state index in [1.165, 1.54) is 6.07 Å². The molecule has 160 valence electrons. The van der Waals surface area contributed by atoms with Crippen molar-refractivity contribution in [1.29, 1.82) is 0 Å². The van der Waals surface area contributed by atoms with E-state index >= 15 is 0 Å². The van der Waals surface area contributed by atoms with Crippen molar-refractivity contribution in [2.45, 2.75) is 12.6 Å². The quantitative estimate of drug-likeness (QED) is 0.592. The molecular formula is C22H30ClFN2O3. The second-order valence-electron chi connectivity index (χ2n) is 6.84. The maximum Gasteiger partial charge on any atom is 0.123 e. The highest BCUT2D eigenvalue weighted by Crippen LogP contribution is 2.22. The van der Waals surface area contributed by atoms with E-state index in [0.717, 1.165) is 43.1 Å². The second-order valence-corrected chi connectivity index (χ2v) is 6.84. The number of nitrogens with one attached hydrogen (secondary N) is 1. The Balaban J connectivity index is 0.00000300. The second kappa shape index (κ2) is 12.8. The average molecular weight is 425 g/mol. The summed E-state index contributed by atoms with van der Waals surface area (Å²) >= 11 is 0. The van der Waals surface area contributed by atoms with Crippen LogP contribution < -0.4 is 10.1 Å². The van der Waals surface area contributed by atoms with Gasteiger partial charge in [0.2, 0.25) is 0 Å². The van der Waals surface area contributed by atoms with Gasteiger partial charge in [-0.25, -0.2) is 4.39 Å². The molecule has 0 radical (unpaired) electrons. The van der Waals surface area contributed by atoms with Crippen LogP contribution in [0.25, 0.3) is 0 Å². The Morgan fingerprint density at radius 1 is 1.10 bits per heavy atom. The molecule has 2 aromatic carbocycles. The van der Waals surface area contributed by atoms with Gasteiger partial charge < -0.3 is 19.5 Å². The molecule has 5 nitrogen and oxygen atoms in total. The predicted octanol–water partition coefficient (Wildman–Crippen LogP) is 3.44. The van der Waals surface area contributed by atoms with E-state index in [-0.39, 0.29) is 24.3 Å². The molecule has 29 heavy (non-hydrogen) atoms. The largest absolute Gasteiger partial charge is 0.491 e. The van der Waals surface area contributed by atoms with Crippen LogP contribution in [0.5, 0.6) is 5.75 Å². The normalized spacial score (nSPS) is 15.5. The number of hydrogen-bond acceptors (Lipinski definition) is 5. The van der Waals surface area contributed by atoms with Gasteiger partial charge in [-0.05, 0) is 35.4 Å². The smallest absolute Gasteiger partial charge is 0.123 e. The fourth-order valence-corrected chi connectivity index (χ4v) is 3.40. The van der Waals surface area contributed by atoms with Crippen LogP contribution in [-0.4, -0.2) is 58.1 Å². The Bertz CT molecular complexity index is 729. The number of halogens is 2. The van der Waals surface area contributed by atoms with Crippen molar-refractivity contribution in [3.63, 3.8) is 0 Å². The van der Waals surface area contributed by atoms with Gasteiger partial charge in [0.15, 0.2) is 0 Å². The molecule has 1 fully saturated rings. The lowest BCUT2D eigenvalue weighted by atomic mass is 10.0. The maximum absolute atomic E-state index is 13.8. The molecule has 1 aliphatic rings. The molecular weight excluding hydrogens is 395 g/mol. The van der Waals surface area contributed by atoms with Crippen LogP contribution in [0.15, 0.2) is 48.5 Å². The van der Waals surface area contributed by atoms with Gasteiger partial charge in [0.05, 0.1) is 19.8 Å². The molecule has 1 saturated heterocycles. The Morgan fingerprint density at radius 3 is 2.66 bits per heavy atom. The van der Waals surface area contributed by atoms with Crippen LogP contribution in [0.1, 0.15) is 17.2 Å². The van der Waals surface area contributed by atoms with Crippen LogP contribution in [-0.2, 0) is 16.0 Å². The van der Waals surface area contributed by atoms with E-state index in [0.29, 0.717) is 26.4 Å². The molecule has 0 saturated carbocycles. The molecule has 0 spiro atoms. The molecule has 1 N–H and O–H groups in total. The van der Waals surface area contributed by atoms with Crippen LogP contribution in [0.4, 0.5) is 4.39 Å². The summed E-state index contributed by atoms with van der Waals surface area (Å²) in [4.78, 5) is 2.36. The third kappa shape index (κ3) is 7.57. The van der Waals surface area contributed by atoms with Crippen molar-refractivity contribution in [3.05, 3.63) is 65.5 Å². The predicted molar refractivity (Wildman–Crippen MR) is 114 cm³/mol. The molecule has 0 amide bonds. The minimum Gasteiger partial charge on any atom is -0.491 e. The first-order chi connectivity index (χ1) is 13.8. The van der Waals surface area contributed by atoms with E-state index in [4.69, 9.17) is 14.2 Å². The number of morpholine rings is 1. The zero-order valence-electron chi connectivity index (χ0n) is 16.8. The number of rotatable bonds is 10. The molecule has 0 aromatic heterocycles. The lowest BCUT2D eigenvalue weighted by molar-refractivity contribution is 0.0160. The minimum atomic E-state index is -0.198. The zero-order valence-corrected chi connectivity index (χ0v) is 17.6. The van der Waals surface area contributed by atoms with Crippen molar-refractivity contribution in [1.82, 2.24) is 10.2 Å². The number of nitrogens with zero attached hydrogens (tertiary/aromatic N) is 1. The molecule has 2 aromatic rings. The molecule has 1 atom stereocenters. The van der Waals surface area contributed by atoms with E-state index < -0.39 is 0 Å². The Labute approximate surface area is 178 Å². The number of ether oxygens (including phenoxy) is 3. The van der Waals surface area contributed by atoms with Crippen molar-refractivity contribution in [2.24, 2.45) is 0 Å². The van der Waals surface area contributed by atoms with Gasteiger partial charge in [-0.3, -0.25) is 4.90 Å². The standard InChI is InChI=1S/C22H29FN2O3.ClH/c1-26-12-13-28-21-7-2-4-18(14-21)16-24-17-22(25-8-10-27-11-9-25)19-5-3-6-20(23)15-19;/h2-7,14-15,22,24H,8-13,16-17H2,1H3;1H. The Hall–Kier alpha value is -1.70. The van der Waals surface area contributed by atoms with Gasteiger partial charge in [-0.2, -0.15) is 0 Å². The summed E-state index contributed by atoms with van der Waals surface area (Å²) in [5, 5.41) is 3.53. The summed E-state index contributed by atoms with van der Waals surface area (Å²) in [7, 11) is 1.66. The molecule has 1 aliphatic heterocycles.